The van der Waals surface area contributed by atoms with Crippen molar-refractivity contribution in [2.24, 2.45) is 0 Å². The highest BCUT2D eigenvalue weighted by molar-refractivity contribution is 7.11. The highest BCUT2D eigenvalue weighted by atomic mass is 32.1. The van der Waals surface area contributed by atoms with E-state index >= 15 is 0 Å². The average Bonchev–Trinajstić information content (AvgIpc) is 2.73. The molecule has 2 aromatic heterocycles. The van der Waals surface area contributed by atoms with Gasteiger partial charge in [0.1, 0.15) is 6.07 Å². The third kappa shape index (κ3) is 2.32. The van der Waals surface area contributed by atoms with Gasteiger partial charge in [0.25, 0.3) is 0 Å². The minimum atomic E-state index is 0.309. The van der Waals surface area contributed by atoms with Crippen molar-refractivity contribution in [1.29, 1.82) is 5.26 Å². The zero-order valence-electron chi connectivity index (χ0n) is 8.64. The van der Waals surface area contributed by atoms with Crippen molar-refractivity contribution < 1.29 is 0 Å². The molecule has 16 heavy (non-hydrogen) atoms. The molecule has 0 saturated heterocycles. The Morgan fingerprint density at radius 1 is 1.38 bits per heavy atom. The molecule has 0 aliphatic carbocycles. The number of rotatable bonds is 3. The first-order chi connectivity index (χ1) is 7.79. The Bertz CT molecular complexity index is 528. The molecule has 0 spiro atoms. The smallest absolute Gasteiger partial charge is 0.182 e. The molecule has 0 unspecified atom stereocenters. The van der Waals surface area contributed by atoms with Crippen LogP contribution in [0, 0.1) is 18.3 Å². The van der Waals surface area contributed by atoms with Crippen LogP contribution in [0.1, 0.15) is 15.6 Å². The predicted molar refractivity (Wildman–Crippen MR) is 60.9 cm³/mol. The number of thiazole rings is 1. The van der Waals surface area contributed by atoms with E-state index in [2.05, 4.69) is 20.3 Å². The molecule has 0 fully saturated rings. The van der Waals surface area contributed by atoms with E-state index in [0.29, 0.717) is 18.1 Å². The van der Waals surface area contributed by atoms with Crippen LogP contribution in [-0.2, 0) is 6.54 Å². The summed E-state index contributed by atoms with van der Waals surface area (Å²) in [6.07, 6.45) is 4.87. The number of nitriles is 1. The van der Waals surface area contributed by atoms with E-state index in [9.17, 15) is 0 Å². The van der Waals surface area contributed by atoms with Gasteiger partial charge in [0.2, 0.25) is 0 Å². The molecule has 1 N–H and O–H groups in total. The maximum absolute atomic E-state index is 8.82. The molecule has 0 radical (unpaired) electrons. The van der Waals surface area contributed by atoms with Gasteiger partial charge < -0.3 is 5.32 Å². The van der Waals surface area contributed by atoms with Crippen LogP contribution in [0.2, 0.25) is 0 Å². The SMILES string of the molecule is Cc1ncc(CNc2nccnc2C#N)s1. The Morgan fingerprint density at radius 3 is 2.88 bits per heavy atom. The monoisotopic (exact) mass is 231 g/mol. The average molecular weight is 231 g/mol. The molecule has 0 aliphatic rings. The van der Waals surface area contributed by atoms with Crippen LogP contribution in [0.5, 0.6) is 0 Å². The maximum Gasteiger partial charge on any atom is 0.182 e. The van der Waals surface area contributed by atoms with E-state index in [1.165, 1.54) is 6.20 Å². The third-order valence-electron chi connectivity index (χ3n) is 1.90. The van der Waals surface area contributed by atoms with Crippen molar-refractivity contribution in [1.82, 2.24) is 15.0 Å². The summed E-state index contributed by atoms with van der Waals surface area (Å²) in [7, 11) is 0. The number of aryl methyl sites for hydroxylation is 1. The molecular weight excluding hydrogens is 222 g/mol. The van der Waals surface area contributed by atoms with Gasteiger partial charge in [0, 0.05) is 23.5 Å². The first-order valence-electron chi connectivity index (χ1n) is 4.66. The van der Waals surface area contributed by atoms with E-state index in [1.807, 2.05) is 19.2 Å². The molecule has 0 atom stereocenters. The van der Waals surface area contributed by atoms with Gasteiger partial charge in [0.15, 0.2) is 11.5 Å². The van der Waals surface area contributed by atoms with E-state index in [0.717, 1.165) is 9.88 Å². The van der Waals surface area contributed by atoms with Gasteiger partial charge in [-0.15, -0.1) is 11.3 Å². The summed E-state index contributed by atoms with van der Waals surface area (Å²) in [6.45, 7) is 2.57. The summed E-state index contributed by atoms with van der Waals surface area (Å²) in [5.74, 6) is 0.510. The molecule has 0 aromatic carbocycles. The lowest BCUT2D eigenvalue weighted by Gasteiger charge is -2.03. The molecule has 0 bridgehead atoms. The van der Waals surface area contributed by atoms with Crippen LogP contribution < -0.4 is 5.32 Å². The molecule has 80 valence electrons. The van der Waals surface area contributed by atoms with Gasteiger partial charge in [-0.3, -0.25) is 0 Å². The Hall–Kier alpha value is -2.00. The quantitative estimate of drug-likeness (QED) is 0.870. The van der Waals surface area contributed by atoms with Gasteiger partial charge in [-0.2, -0.15) is 5.26 Å². The summed E-state index contributed by atoms with van der Waals surface area (Å²) < 4.78 is 0. The van der Waals surface area contributed by atoms with E-state index in [-0.39, 0.29) is 0 Å². The fraction of sp³-hybridized carbons (Fsp3) is 0.200. The number of anilines is 1. The Balaban J connectivity index is 2.08. The zero-order chi connectivity index (χ0) is 11.4. The van der Waals surface area contributed by atoms with E-state index in [1.54, 1.807) is 17.5 Å². The van der Waals surface area contributed by atoms with Crippen molar-refractivity contribution in [3.05, 3.63) is 34.2 Å². The van der Waals surface area contributed by atoms with Crippen molar-refractivity contribution in [3.63, 3.8) is 0 Å². The summed E-state index contributed by atoms with van der Waals surface area (Å²) in [6, 6.07) is 1.99. The van der Waals surface area contributed by atoms with Gasteiger partial charge in [-0.05, 0) is 6.92 Å². The van der Waals surface area contributed by atoms with E-state index < -0.39 is 0 Å². The van der Waals surface area contributed by atoms with Crippen LogP contribution in [0.15, 0.2) is 18.6 Å². The normalized spacial score (nSPS) is 9.75. The lowest BCUT2D eigenvalue weighted by molar-refractivity contribution is 1.08. The van der Waals surface area contributed by atoms with Gasteiger partial charge in [0.05, 0.1) is 11.6 Å². The number of nitrogens with zero attached hydrogens (tertiary/aromatic N) is 4. The van der Waals surface area contributed by atoms with Crippen molar-refractivity contribution in [2.45, 2.75) is 13.5 Å². The van der Waals surface area contributed by atoms with Gasteiger partial charge in [-0.25, -0.2) is 15.0 Å². The first-order valence-corrected chi connectivity index (χ1v) is 5.47. The van der Waals surface area contributed by atoms with Crippen molar-refractivity contribution >= 4 is 17.2 Å². The molecular formula is C10H9N5S. The Labute approximate surface area is 96.8 Å². The maximum atomic E-state index is 8.82. The Morgan fingerprint density at radius 2 is 2.19 bits per heavy atom. The lowest BCUT2D eigenvalue weighted by atomic mass is 10.4. The number of nitrogens with one attached hydrogen (secondary N) is 1. The molecule has 6 heteroatoms. The lowest BCUT2D eigenvalue weighted by Crippen LogP contribution is -2.03. The van der Waals surface area contributed by atoms with Crippen molar-refractivity contribution in [2.75, 3.05) is 5.32 Å². The Kier molecular flexibility index (Phi) is 3.08. The highest BCUT2D eigenvalue weighted by Crippen LogP contribution is 2.14. The summed E-state index contributed by atoms with van der Waals surface area (Å²) >= 11 is 1.62. The third-order valence-corrected chi connectivity index (χ3v) is 2.82. The second kappa shape index (κ2) is 4.68. The van der Waals surface area contributed by atoms with Gasteiger partial charge >= 0.3 is 0 Å². The van der Waals surface area contributed by atoms with Crippen LogP contribution in [0.4, 0.5) is 5.82 Å². The van der Waals surface area contributed by atoms with Crippen LogP contribution in [0.25, 0.3) is 0 Å². The minimum Gasteiger partial charge on any atom is -0.363 e. The van der Waals surface area contributed by atoms with Gasteiger partial charge in [-0.1, -0.05) is 0 Å². The molecule has 0 aliphatic heterocycles. The van der Waals surface area contributed by atoms with E-state index in [4.69, 9.17) is 5.26 Å². The molecule has 5 nitrogen and oxygen atoms in total. The van der Waals surface area contributed by atoms with Crippen LogP contribution in [0.3, 0.4) is 0 Å². The standard InChI is InChI=1S/C10H9N5S/c1-7-14-5-8(16-7)6-15-10-9(4-11)12-2-3-13-10/h2-3,5H,6H2,1H3,(H,13,15). The predicted octanol–water partition coefficient (Wildman–Crippen LogP) is 1.73. The second-order valence-electron chi connectivity index (χ2n) is 3.06. The number of hydrogen-bond donors (Lipinski definition) is 1. The molecule has 2 heterocycles. The molecule has 0 saturated carbocycles. The summed E-state index contributed by atoms with van der Waals surface area (Å²) in [5.41, 5.74) is 0.309. The fourth-order valence-corrected chi connectivity index (χ4v) is 1.94. The largest absolute Gasteiger partial charge is 0.363 e. The topological polar surface area (TPSA) is 74.5 Å². The highest BCUT2D eigenvalue weighted by Gasteiger charge is 2.04. The number of hydrogen-bond acceptors (Lipinski definition) is 6. The fourth-order valence-electron chi connectivity index (χ4n) is 1.21. The molecule has 2 rings (SSSR count). The summed E-state index contributed by atoms with van der Waals surface area (Å²) in [5, 5.41) is 12.9. The first kappa shape index (κ1) is 10.5. The zero-order valence-corrected chi connectivity index (χ0v) is 9.45. The van der Waals surface area contributed by atoms with Crippen molar-refractivity contribution in [3.8, 4) is 6.07 Å². The second-order valence-corrected chi connectivity index (χ2v) is 4.38. The minimum absolute atomic E-state index is 0.309. The summed E-state index contributed by atoms with van der Waals surface area (Å²) in [4.78, 5) is 13.2. The van der Waals surface area contributed by atoms with Crippen LogP contribution >= 0.6 is 11.3 Å². The number of aromatic nitrogens is 3. The molecule has 2 aromatic rings. The molecule has 0 amide bonds. The van der Waals surface area contributed by atoms with Crippen LogP contribution in [-0.4, -0.2) is 15.0 Å².